The zero-order valence-electron chi connectivity index (χ0n) is 20.5. The molecular formula is C25H37N3O4. The molecule has 2 atom stereocenters. The van der Waals surface area contributed by atoms with Crippen molar-refractivity contribution in [2.75, 3.05) is 0 Å². The number of carbonyl (C=O) groups is 3. The lowest BCUT2D eigenvalue weighted by Gasteiger charge is -2.31. The molecule has 3 amide bonds. The first kappa shape index (κ1) is 27.0. The molecule has 2 N–H and O–H groups in total. The van der Waals surface area contributed by atoms with Gasteiger partial charge in [-0.15, -0.1) is 0 Å². The number of hydrogen-bond acceptors (Lipinski definition) is 4. The van der Waals surface area contributed by atoms with E-state index in [9.17, 15) is 14.4 Å². The second-order valence-electron chi connectivity index (χ2n) is 9.64. The van der Waals surface area contributed by atoms with Gasteiger partial charge < -0.3 is 15.4 Å². The third-order valence-electron chi connectivity index (χ3n) is 4.40. The Morgan fingerprint density at radius 2 is 1.62 bits per heavy atom. The maximum Gasteiger partial charge on any atom is 0.408 e. The van der Waals surface area contributed by atoms with Crippen molar-refractivity contribution in [1.82, 2.24) is 15.5 Å². The second-order valence-corrected chi connectivity index (χ2v) is 9.64. The molecule has 0 spiro atoms. The van der Waals surface area contributed by atoms with Gasteiger partial charge in [-0.25, -0.2) is 4.79 Å². The van der Waals surface area contributed by atoms with Gasteiger partial charge in [0.15, 0.2) is 0 Å². The molecule has 1 aromatic rings. The molecule has 0 bridgehead atoms. The highest BCUT2D eigenvalue weighted by molar-refractivity contribution is 5.93. The summed E-state index contributed by atoms with van der Waals surface area (Å²) in [6.45, 7) is 14.7. The van der Waals surface area contributed by atoms with E-state index in [1.54, 1.807) is 32.9 Å². The molecule has 0 fully saturated rings. The van der Waals surface area contributed by atoms with Crippen molar-refractivity contribution in [3.05, 3.63) is 35.4 Å². The van der Waals surface area contributed by atoms with E-state index in [1.807, 2.05) is 46.8 Å². The van der Waals surface area contributed by atoms with E-state index >= 15 is 0 Å². The van der Waals surface area contributed by atoms with Crippen LogP contribution in [0.15, 0.2) is 24.3 Å². The quantitative estimate of drug-likeness (QED) is 0.471. The normalized spacial score (nSPS) is 13.2. The predicted octanol–water partition coefficient (Wildman–Crippen LogP) is 3.92. The van der Waals surface area contributed by atoms with Crippen molar-refractivity contribution in [2.45, 2.75) is 85.5 Å². The lowest BCUT2D eigenvalue weighted by atomic mass is 9.99. The number of hydrogen-bond donors (Lipinski definition) is 2. The Bertz CT molecular complexity index is 832. The van der Waals surface area contributed by atoms with Gasteiger partial charge in [-0.1, -0.05) is 50.1 Å². The van der Waals surface area contributed by atoms with Gasteiger partial charge in [0.1, 0.15) is 17.7 Å². The Morgan fingerprint density at radius 3 is 2.06 bits per heavy atom. The van der Waals surface area contributed by atoms with Crippen LogP contribution in [0.25, 0.3) is 0 Å². The number of benzene rings is 1. The van der Waals surface area contributed by atoms with Gasteiger partial charge >= 0.3 is 6.09 Å². The lowest BCUT2D eigenvalue weighted by molar-refractivity contribution is -0.139. The number of amides is 3. The number of rotatable bonds is 8. The van der Waals surface area contributed by atoms with Crippen LogP contribution in [0.4, 0.5) is 4.79 Å². The van der Waals surface area contributed by atoms with E-state index in [4.69, 9.17) is 11.2 Å². The third kappa shape index (κ3) is 8.62. The number of terminal acetylenes is 1. The van der Waals surface area contributed by atoms with Gasteiger partial charge in [0.05, 0.1) is 0 Å². The van der Waals surface area contributed by atoms with Gasteiger partial charge in [-0.05, 0) is 59.4 Å². The zero-order chi connectivity index (χ0) is 24.6. The summed E-state index contributed by atoms with van der Waals surface area (Å²) in [5.41, 5.74) is 0.878. The average molecular weight is 444 g/mol. The molecular weight excluding hydrogens is 406 g/mol. The maximum absolute atomic E-state index is 13.5. The fourth-order valence-electron chi connectivity index (χ4n) is 3.11. The Kier molecular flexibility index (Phi) is 9.77. The van der Waals surface area contributed by atoms with E-state index in [-0.39, 0.29) is 12.0 Å². The number of alkyl carbamates (subject to hydrolysis) is 1. The van der Waals surface area contributed by atoms with Gasteiger partial charge in [-0.3, -0.25) is 14.5 Å². The van der Waals surface area contributed by atoms with Crippen LogP contribution >= 0.6 is 0 Å². The van der Waals surface area contributed by atoms with Crippen LogP contribution in [0.3, 0.4) is 0 Å². The molecule has 7 nitrogen and oxygen atoms in total. The van der Waals surface area contributed by atoms with Crippen molar-refractivity contribution in [3.63, 3.8) is 0 Å². The molecule has 1 aromatic carbocycles. The van der Waals surface area contributed by atoms with Crippen LogP contribution in [-0.2, 0) is 14.3 Å². The molecule has 0 saturated carbocycles. The lowest BCUT2D eigenvalue weighted by Crippen LogP contribution is -2.52. The highest BCUT2D eigenvalue weighted by atomic mass is 16.6. The third-order valence-corrected chi connectivity index (χ3v) is 4.40. The highest BCUT2D eigenvalue weighted by Gasteiger charge is 2.36. The summed E-state index contributed by atoms with van der Waals surface area (Å²) >= 11 is 0. The van der Waals surface area contributed by atoms with E-state index in [1.165, 1.54) is 0 Å². The summed E-state index contributed by atoms with van der Waals surface area (Å²) in [4.78, 5) is 40.1. The number of ether oxygens (including phenoxy) is 1. The van der Waals surface area contributed by atoms with Crippen molar-refractivity contribution < 1.29 is 19.1 Å². The van der Waals surface area contributed by atoms with Crippen LogP contribution in [0.5, 0.6) is 0 Å². The minimum absolute atomic E-state index is 0.0841. The summed E-state index contributed by atoms with van der Waals surface area (Å²) in [5, 5.41) is 5.47. The maximum atomic E-state index is 13.5. The first-order chi connectivity index (χ1) is 14.7. The van der Waals surface area contributed by atoms with Crippen molar-refractivity contribution in [3.8, 4) is 12.5 Å². The number of nitrogens with one attached hydrogen (secondary N) is 2. The molecule has 7 heteroatoms. The summed E-state index contributed by atoms with van der Waals surface area (Å²) in [7, 11) is 0. The molecule has 0 aliphatic carbocycles. The van der Waals surface area contributed by atoms with Gasteiger partial charge in [0.25, 0.3) is 5.91 Å². The van der Waals surface area contributed by atoms with Crippen LogP contribution in [-0.4, -0.2) is 40.5 Å². The fraction of sp³-hybridized carbons (Fsp3) is 0.560. The van der Waals surface area contributed by atoms with Crippen LogP contribution in [0.1, 0.15) is 72.1 Å². The summed E-state index contributed by atoms with van der Waals surface area (Å²) in [6.07, 6.45) is 5.36. The number of carbonyl (C=O) groups excluding carboxylic acids is 3. The summed E-state index contributed by atoms with van der Waals surface area (Å²) < 4.78 is 5.32. The van der Waals surface area contributed by atoms with E-state index in [0.29, 0.717) is 12.0 Å². The standard InChI is InChI=1S/C25H37N3O4/c1-10-28(21(22(29)26-17(4)5)19-13-11-18(6)12-14-19)23(30)20(15-16(2)3)27-24(31)32-25(7,8)9/h1,11-14,16-17,20-21H,15H2,2-9H3,(H,26,29)(H,27,31). The van der Waals surface area contributed by atoms with E-state index in [0.717, 1.165) is 10.5 Å². The monoisotopic (exact) mass is 443 g/mol. The van der Waals surface area contributed by atoms with Crippen molar-refractivity contribution in [2.24, 2.45) is 5.92 Å². The Balaban J connectivity index is 3.33. The topological polar surface area (TPSA) is 87.7 Å². The first-order valence-corrected chi connectivity index (χ1v) is 10.9. The smallest absolute Gasteiger partial charge is 0.408 e. The second kappa shape index (κ2) is 11.6. The fourth-order valence-corrected chi connectivity index (χ4v) is 3.11. The Morgan fingerprint density at radius 1 is 1.06 bits per heavy atom. The molecule has 0 radical (unpaired) electrons. The minimum Gasteiger partial charge on any atom is -0.444 e. The summed E-state index contributed by atoms with van der Waals surface area (Å²) in [6, 6.07) is 7.51. The largest absolute Gasteiger partial charge is 0.444 e. The predicted molar refractivity (Wildman–Crippen MR) is 125 cm³/mol. The SMILES string of the molecule is C#CN(C(=O)C(CC(C)C)NC(=O)OC(C)(C)C)C(C(=O)NC(C)C)c1ccc(C)cc1. The van der Waals surface area contributed by atoms with Crippen molar-refractivity contribution >= 4 is 17.9 Å². The van der Waals surface area contributed by atoms with Gasteiger partial charge in [0, 0.05) is 12.1 Å². The Labute approximate surface area is 192 Å². The molecule has 1 rings (SSSR count). The molecule has 0 heterocycles. The average Bonchev–Trinajstić information content (AvgIpc) is 2.63. The molecule has 0 aliphatic rings. The molecule has 176 valence electrons. The zero-order valence-corrected chi connectivity index (χ0v) is 20.5. The van der Waals surface area contributed by atoms with Crippen LogP contribution < -0.4 is 10.6 Å². The van der Waals surface area contributed by atoms with Crippen molar-refractivity contribution in [1.29, 1.82) is 0 Å². The number of aryl methyl sites for hydroxylation is 1. The van der Waals surface area contributed by atoms with Gasteiger partial charge in [0.2, 0.25) is 5.91 Å². The van der Waals surface area contributed by atoms with Crippen LogP contribution in [0, 0.1) is 25.3 Å². The first-order valence-electron chi connectivity index (χ1n) is 10.9. The Hall–Kier alpha value is -3.01. The van der Waals surface area contributed by atoms with E-state index in [2.05, 4.69) is 16.7 Å². The van der Waals surface area contributed by atoms with E-state index < -0.39 is 35.6 Å². The molecule has 0 aromatic heterocycles. The minimum atomic E-state index is -1.04. The molecule has 2 unspecified atom stereocenters. The van der Waals surface area contributed by atoms with Crippen LogP contribution in [0.2, 0.25) is 0 Å². The van der Waals surface area contributed by atoms with Gasteiger partial charge in [-0.2, -0.15) is 0 Å². The molecule has 0 saturated heterocycles. The molecule has 32 heavy (non-hydrogen) atoms. The summed E-state index contributed by atoms with van der Waals surface area (Å²) in [5.74, 6) is -0.854. The molecule has 0 aliphatic heterocycles. The highest BCUT2D eigenvalue weighted by Crippen LogP contribution is 2.24. The number of nitrogens with zero attached hydrogens (tertiary/aromatic N) is 1.